The van der Waals surface area contributed by atoms with Gasteiger partial charge in [0.1, 0.15) is 0 Å². The molecule has 5 rings (SSSR count). The van der Waals surface area contributed by atoms with E-state index in [-0.39, 0.29) is 23.0 Å². The summed E-state index contributed by atoms with van der Waals surface area (Å²) in [7, 11) is 0. The van der Waals surface area contributed by atoms with E-state index in [0.717, 1.165) is 43.8 Å². The van der Waals surface area contributed by atoms with E-state index in [9.17, 15) is 20.4 Å². The average Bonchev–Trinajstić information content (AvgIpc) is 2.75. The lowest BCUT2D eigenvalue weighted by Crippen LogP contribution is -1.86. The van der Waals surface area contributed by atoms with Crippen molar-refractivity contribution >= 4 is 21.5 Å². The van der Waals surface area contributed by atoms with Crippen LogP contribution in [-0.2, 0) is 0 Å². The van der Waals surface area contributed by atoms with Gasteiger partial charge in [0.05, 0.1) is 0 Å². The molecule has 0 bridgehead atoms. The van der Waals surface area contributed by atoms with Crippen LogP contribution in [0, 0.1) is 0 Å². The summed E-state index contributed by atoms with van der Waals surface area (Å²) in [5, 5.41) is 43.2. The Kier molecular flexibility index (Phi) is 4.00. The zero-order valence-corrected chi connectivity index (χ0v) is 15.9. The fraction of sp³-hybridized carbons (Fsp3) is 0. The van der Waals surface area contributed by atoms with E-state index >= 15 is 0 Å². The average molecular weight is 394 g/mol. The highest BCUT2D eigenvalue weighted by Crippen LogP contribution is 2.39. The Labute approximate surface area is 172 Å². The third-order valence-corrected chi connectivity index (χ3v) is 5.45. The maximum atomic E-state index is 9.92. The van der Waals surface area contributed by atoms with Crippen LogP contribution in [0.2, 0.25) is 0 Å². The van der Waals surface area contributed by atoms with Crippen LogP contribution in [0.25, 0.3) is 43.8 Å². The second-order valence-corrected chi connectivity index (χ2v) is 7.31. The highest BCUT2D eigenvalue weighted by Gasteiger charge is 2.11. The third-order valence-electron chi connectivity index (χ3n) is 5.45. The van der Waals surface area contributed by atoms with Gasteiger partial charge in [0.15, 0.2) is 23.0 Å². The van der Waals surface area contributed by atoms with Crippen molar-refractivity contribution in [2.45, 2.75) is 0 Å². The van der Waals surface area contributed by atoms with Gasteiger partial charge < -0.3 is 20.4 Å². The molecule has 0 aromatic heterocycles. The molecule has 4 heteroatoms. The zero-order valence-electron chi connectivity index (χ0n) is 15.9. The van der Waals surface area contributed by atoms with E-state index in [0.29, 0.717) is 0 Å². The van der Waals surface area contributed by atoms with Crippen molar-refractivity contribution < 1.29 is 20.4 Å². The smallest absolute Gasteiger partial charge is 0.158 e. The lowest BCUT2D eigenvalue weighted by atomic mass is 9.92. The summed E-state index contributed by atoms with van der Waals surface area (Å²) in [6, 6.07) is 25.8. The molecule has 0 saturated carbocycles. The summed E-state index contributed by atoms with van der Waals surface area (Å²) in [5.74, 6) is -0.600. The molecule has 0 aliphatic carbocycles. The highest BCUT2D eigenvalue weighted by atomic mass is 16.3. The zero-order chi connectivity index (χ0) is 20.8. The number of rotatable bonds is 2. The molecule has 0 heterocycles. The minimum absolute atomic E-state index is 0.147. The molecule has 4 N–H and O–H groups in total. The number of aromatic hydroxyl groups is 4. The molecule has 4 nitrogen and oxygen atoms in total. The van der Waals surface area contributed by atoms with Crippen LogP contribution in [0.5, 0.6) is 23.0 Å². The van der Waals surface area contributed by atoms with E-state index < -0.39 is 0 Å². The van der Waals surface area contributed by atoms with Crippen LogP contribution in [0.3, 0.4) is 0 Å². The fourth-order valence-electron chi connectivity index (χ4n) is 3.94. The fourth-order valence-corrected chi connectivity index (χ4v) is 3.94. The first-order valence-corrected chi connectivity index (χ1v) is 9.51. The molecule has 0 atom stereocenters. The molecule has 5 aromatic rings. The van der Waals surface area contributed by atoms with Crippen LogP contribution in [0.1, 0.15) is 0 Å². The van der Waals surface area contributed by atoms with Gasteiger partial charge in [0.25, 0.3) is 0 Å². The Balaban J connectivity index is 1.76. The summed E-state index contributed by atoms with van der Waals surface area (Å²) in [4.78, 5) is 0. The Morgan fingerprint density at radius 3 is 1.23 bits per heavy atom. The van der Waals surface area contributed by atoms with E-state index in [2.05, 4.69) is 12.1 Å². The van der Waals surface area contributed by atoms with E-state index in [1.807, 2.05) is 36.4 Å². The highest BCUT2D eigenvalue weighted by molar-refractivity contribution is 6.09. The molecule has 30 heavy (non-hydrogen) atoms. The Morgan fingerprint density at radius 2 is 0.833 bits per heavy atom. The Hall–Kier alpha value is -4.18. The maximum absolute atomic E-state index is 9.92. The first-order valence-electron chi connectivity index (χ1n) is 9.51. The van der Waals surface area contributed by atoms with Crippen LogP contribution in [-0.4, -0.2) is 20.4 Å². The lowest BCUT2D eigenvalue weighted by Gasteiger charge is -2.12. The predicted octanol–water partition coefficient (Wildman–Crippen LogP) is 6.15. The van der Waals surface area contributed by atoms with Gasteiger partial charge in [0, 0.05) is 0 Å². The number of hydrogen-bond acceptors (Lipinski definition) is 4. The number of phenols is 4. The van der Waals surface area contributed by atoms with Crippen LogP contribution in [0.4, 0.5) is 0 Å². The van der Waals surface area contributed by atoms with Crippen LogP contribution < -0.4 is 0 Å². The molecule has 0 amide bonds. The number of phenolic OH excluding ortho intramolecular Hbond substituents is 4. The summed E-state index contributed by atoms with van der Waals surface area (Å²) in [6.07, 6.45) is 0. The number of fused-ring (bicyclic) bond motifs is 2. The monoisotopic (exact) mass is 394 g/mol. The van der Waals surface area contributed by atoms with Gasteiger partial charge >= 0.3 is 0 Å². The largest absolute Gasteiger partial charge is 0.504 e. The van der Waals surface area contributed by atoms with Crippen molar-refractivity contribution in [3.63, 3.8) is 0 Å². The molecule has 0 fully saturated rings. The summed E-state index contributed by atoms with van der Waals surface area (Å²) in [6.45, 7) is 0. The summed E-state index contributed by atoms with van der Waals surface area (Å²) in [5.41, 5.74) is 3.54. The number of benzene rings is 5. The van der Waals surface area contributed by atoms with E-state index in [1.165, 1.54) is 12.1 Å². The van der Waals surface area contributed by atoms with Crippen molar-refractivity contribution in [2.75, 3.05) is 0 Å². The molecule has 0 unspecified atom stereocenters. The third kappa shape index (κ3) is 2.86. The second-order valence-electron chi connectivity index (χ2n) is 7.31. The van der Waals surface area contributed by atoms with Gasteiger partial charge in [0.2, 0.25) is 0 Å². The lowest BCUT2D eigenvalue weighted by molar-refractivity contribution is 0.404. The molecule has 0 radical (unpaired) electrons. The molecular formula is C26H18O4. The SMILES string of the molecule is Oc1ccc(-c2cccc3cc4c(-c5ccc(O)c(O)c5)cccc4cc23)cc1O. The molecule has 0 spiro atoms. The van der Waals surface area contributed by atoms with Crippen LogP contribution >= 0.6 is 0 Å². The van der Waals surface area contributed by atoms with Crippen molar-refractivity contribution in [3.8, 4) is 45.3 Å². The van der Waals surface area contributed by atoms with Gasteiger partial charge in [-0.05, 0) is 80.2 Å². The van der Waals surface area contributed by atoms with Crippen molar-refractivity contribution in [2.24, 2.45) is 0 Å². The maximum Gasteiger partial charge on any atom is 0.158 e. The minimum atomic E-state index is -0.153. The van der Waals surface area contributed by atoms with Gasteiger partial charge in [-0.25, -0.2) is 0 Å². The van der Waals surface area contributed by atoms with E-state index in [4.69, 9.17) is 0 Å². The number of hydrogen-bond donors (Lipinski definition) is 4. The standard InChI is InChI=1S/C26H18O4/c27-23-9-7-17(13-25(23)29)19-5-1-3-15-11-22-16(12-21(15)19)4-2-6-20(22)18-8-10-24(28)26(30)14-18/h1-14,27-30H. The van der Waals surface area contributed by atoms with Crippen molar-refractivity contribution in [1.29, 1.82) is 0 Å². The van der Waals surface area contributed by atoms with E-state index in [1.54, 1.807) is 24.3 Å². The summed E-state index contributed by atoms with van der Waals surface area (Å²) >= 11 is 0. The van der Waals surface area contributed by atoms with Crippen molar-refractivity contribution in [1.82, 2.24) is 0 Å². The normalized spacial score (nSPS) is 11.2. The van der Waals surface area contributed by atoms with Gasteiger partial charge in [-0.15, -0.1) is 0 Å². The van der Waals surface area contributed by atoms with Gasteiger partial charge in [-0.3, -0.25) is 0 Å². The molecule has 5 aromatic carbocycles. The first kappa shape index (κ1) is 17.9. The molecule has 0 aliphatic rings. The van der Waals surface area contributed by atoms with Crippen LogP contribution in [0.15, 0.2) is 84.9 Å². The predicted molar refractivity (Wildman–Crippen MR) is 119 cm³/mol. The Morgan fingerprint density at radius 1 is 0.400 bits per heavy atom. The van der Waals surface area contributed by atoms with Crippen molar-refractivity contribution in [3.05, 3.63) is 84.9 Å². The minimum Gasteiger partial charge on any atom is -0.504 e. The van der Waals surface area contributed by atoms with Gasteiger partial charge in [-0.2, -0.15) is 0 Å². The van der Waals surface area contributed by atoms with Gasteiger partial charge in [-0.1, -0.05) is 48.5 Å². The molecule has 0 saturated heterocycles. The second kappa shape index (κ2) is 6.71. The molecule has 0 aliphatic heterocycles. The first-order chi connectivity index (χ1) is 14.5. The Bertz CT molecular complexity index is 1330. The molecular weight excluding hydrogens is 376 g/mol. The summed E-state index contributed by atoms with van der Waals surface area (Å²) < 4.78 is 0. The quantitative estimate of drug-likeness (QED) is 0.214. The molecule has 146 valence electrons. The topological polar surface area (TPSA) is 80.9 Å².